The van der Waals surface area contributed by atoms with Gasteiger partial charge in [-0.15, -0.1) is 0 Å². The number of rotatable bonds is 2. The van der Waals surface area contributed by atoms with Crippen LogP contribution >= 0.6 is 0 Å². The molecule has 2 aromatic rings. The molecule has 1 aliphatic rings. The molecule has 4 N–H and O–H groups in total. The summed E-state index contributed by atoms with van der Waals surface area (Å²) in [5, 5.41) is 14.3. The lowest BCUT2D eigenvalue weighted by Crippen LogP contribution is -2.36. The molecule has 6 nitrogen and oxygen atoms in total. The van der Waals surface area contributed by atoms with Crippen molar-refractivity contribution in [2.24, 2.45) is 0 Å². The van der Waals surface area contributed by atoms with E-state index in [1.165, 1.54) is 0 Å². The summed E-state index contributed by atoms with van der Waals surface area (Å²) in [5.74, 6) is 0. The van der Waals surface area contributed by atoms with Gasteiger partial charge in [-0.3, -0.25) is 9.80 Å². The topological polar surface area (TPSA) is 54.6 Å². The predicted octanol–water partition coefficient (Wildman–Crippen LogP) is 3.52. The summed E-state index contributed by atoms with van der Waals surface area (Å²) in [4.78, 5) is 4.66. The van der Waals surface area contributed by atoms with E-state index in [9.17, 15) is 0 Å². The van der Waals surface area contributed by atoms with Gasteiger partial charge in [-0.25, -0.2) is 0 Å². The Hall–Kier alpha value is -2.44. The summed E-state index contributed by atoms with van der Waals surface area (Å²) in [6, 6.07) is 16.8. The van der Waals surface area contributed by atoms with Crippen LogP contribution in [0.3, 0.4) is 0 Å². The van der Waals surface area contributed by atoms with Gasteiger partial charge in [0, 0.05) is 0 Å². The van der Waals surface area contributed by atoms with E-state index >= 15 is 0 Å². The van der Waals surface area contributed by atoms with Crippen molar-refractivity contribution in [3.8, 4) is 0 Å². The molecule has 0 spiro atoms. The van der Waals surface area contributed by atoms with Crippen molar-refractivity contribution < 1.29 is 0 Å². The molecule has 2 aromatic carbocycles. The monoisotopic (exact) mass is 354 g/mol. The van der Waals surface area contributed by atoms with Crippen LogP contribution in [0.2, 0.25) is 0 Å². The van der Waals surface area contributed by atoms with Crippen LogP contribution in [-0.4, -0.2) is 49.6 Å². The van der Waals surface area contributed by atoms with Crippen molar-refractivity contribution in [2.45, 2.75) is 13.8 Å². The molecule has 0 unspecified atom stereocenters. The molecule has 0 fully saturated rings. The van der Waals surface area contributed by atoms with Crippen LogP contribution < -0.4 is 21.3 Å². The van der Waals surface area contributed by atoms with Crippen LogP contribution in [0.1, 0.15) is 13.8 Å². The third kappa shape index (κ3) is 4.80. The molecular formula is C20H30N6. The van der Waals surface area contributed by atoms with E-state index < -0.39 is 0 Å². The van der Waals surface area contributed by atoms with E-state index in [0.29, 0.717) is 0 Å². The lowest BCUT2D eigenvalue weighted by atomic mass is 10.2. The molecule has 1 aliphatic heterocycles. The van der Waals surface area contributed by atoms with Gasteiger partial charge in [0.2, 0.25) is 0 Å². The number of hydrogen-bond acceptors (Lipinski definition) is 6. The van der Waals surface area contributed by atoms with Gasteiger partial charge in [0.15, 0.2) is 0 Å². The second-order valence-electron chi connectivity index (χ2n) is 6.40. The molecule has 3 rings (SSSR count). The maximum atomic E-state index is 3.56. The fraction of sp³-hybridized carbons (Fsp3) is 0.400. The first-order valence-corrected chi connectivity index (χ1v) is 9.38. The third-order valence-corrected chi connectivity index (χ3v) is 4.72. The zero-order chi connectivity index (χ0) is 18.2. The van der Waals surface area contributed by atoms with Crippen LogP contribution in [-0.2, 0) is 0 Å². The highest BCUT2D eigenvalue weighted by Gasteiger charge is 2.10. The molecule has 6 heteroatoms. The van der Waals surface area contributed by atoms with Crippen LogP contribution in [0.15, 0.2) is 48.5 Å². The Bertz CT molecular complexity index is 576. The highest BCUT2D eigenvalue weighted by atomic mass is 15.3. The molecule has 0 aromatic heterocycles. The number of fused-ring (bicyclic) bond motifs is 2. The summed E-state index contributed by atoms with van der Waals surface area (Å²) >= 11 is 0. The van der Waals surface area contributed by atoms with Crippen molar-refractivity contribution in [2.75, 3.05) is 61.0 Å². The van der Waals surface area contributed by atoms with E-state index in [1.54, 1.807) is 0 Å². The molecular weight excluding hydrogens is 324 g/mol. The van der Waals surface area contributed by atoms with Gasteiger partial charge in [0.25, 0.3) is 0 Å². The van der Waals surface area contributed by atoms with Gasteiger partial charge >= 0.3 is 0 Å². The molecule has 1 heterocycles. The van der Waals surface area contributed by atoms with Crippen LogP contribution in [0.4, 0.5) is 22.7 Å². The zero-order valence-electron chi connectivity index (χ0n) is 15.8. The summed E-state index contributed by atoms with van der Waals surface area (Å²) in [7, 11) is 0. The maximum absolute atomic E-state index is 3.56. The number of para-hydroxylation sites is 4. The van der Waals surface area contributed by atoms with E-state index in [2.05, 4.69) is 93.4 Å². The van der Waals surface area contributed by atoms with Crippen LogP contribution in [0, 0.1) is 0 Å². The Balaban J connectivity index is 1.81. The second kappa shape index (κ2) is 9.31. The van der Waals surface area contributed by atoms with Gasteiger partial charge in [-0.1, -0.05) is 38.1 Å². The molecule has 140 valence electrons. The average Bonchev–Trinajstić information content (AvgIpc) is 2.69. The van der Waals surface area contributed by atoms with E-state index in [-0.39, 0.29) is 0 Å². The number of hydrogen-bond donors (Lipinski definition) is 4. The maximum Gasteiger partial charge on any atom is 0.0693 e. The number of anilines is 4. The normalized spacial score (nSPS) is 16.7. The molecule has 0 radical (unpaired) electrons. The minimum atomic E-state index is 0.787. The van der Waals surface area contributed by atoms with Gasteiger partial charge in [0.05, 0.1) is 49.4 Å². The molecule has 0 atom stereocenters. The van der Waals surface area contributed by atoms with E-state index in [4.69, 9.17) is 0 Å². The molecule has 0 bridgehead atoms. The summed E-state index contributed by atoms with van der Waals surface area (Å²) in [6.45, 7) is 9.44. The summed E-state index contributed by atoms with van der Waals surface area (Å²) in [5.41, 5.74) is 4.53. The fourth-order valence-corrected chi connectivity index (χ4v) is 2.93. The Labute approximate surface area is 156 Å². The SMILES string of the molecule is CCN1CNc2ccccc2NCN(CC)CNc2ccccc2NC1. The fourth-order valence-electron chi connectivity index (χ4n) is 2.93. The third-order valence-electron chi connectivity index (χ3n) is 4.72. The van der Waals surface area contributed by atoms with Gasteiger partial charge in [-0.05, 0) is 37.4 Å². The first kappa shape index (κ1) is 18.4. The lowest BCUT2D eigenvalue weighted by Gasteiger charge is -2.27. The second-order valence-corrected chi connectivity index (χ2v) is 6.40. The van der Waals surface area contributed by atoms with Crippen molar-refractivity contribution >= 4 is 22.7 Å². The minimum Gasteiger partial charge on any atom is -0.371 e. The molecule has 0 saturated carbocycles. The van der Waals surface area contributed by atoms with Gasteiger partial charge < -0.3 is 21.3 Å². The molecule has 0 amide bonds. The zero-order valence-corrected chi connectivity index (χ0v) is 15.8. The molecule has 0 saturated heterocycles. The van der Waals surface area contributed by atoms with Crippen LogP contribution in [0.25, 0.3) is 0 Å². The van der Waals surface area contributed by atoms with Crippen molar-refractivity contribution in [1.82, 2.24) is 9.80 Å². The average molecular weight is 355 g/mol. The summed E-state index contributed by atoms with van der Waals surface area (Å²) in [6.07, 6.45) is 0. The predicted molar refractivity (Wildman–Crippen MR) is 112 cm³/mol. The van der Waals surface area contributed by atoms with Crippen molar-refractivity contribution in [3.05, 3.63) is 48.5 Å². The van der Waals surface area contributed by atoms with Gasteiger partial charge in [-0.2, -0.15) is 0 Å². The Morgan fingerprint density at radius 3 is 1.08 bits per heavy atom. The smallest absolute Gasteiger partial charge is 0.0693 e. The number of benzene rings is 2. The standard InChI is InChI=1S/C20H30N6/c1-3-25-13-21-17-9-5-7-11-19(17)23-15-26(4-2)16-24-20-12-8-6-10-18(20)22-14-25/h5-12,21-24H,3-4,13-16H2,1-2H3. The first-order chi connectivity index (χ1) is 12.8. The molecule has 26 heavy (non-hydrogen) atoms. The Morgan fingerprint density at radius 1 is 0.577 bits per heavy atom. The highest BCUT2D eigenvalue weighted by molar-refractivity contribution is 5.69. The molecule has 0 aliphatic carbocycles. The number of nitrogens with one attached hydrogen (secondary N) is 4. The Kier molecular flexibility index (Phi) is 6.57. The first-order valence-electron chi connectivity index (χ1n) is 9.38. The van der Waals surface area contributed by atoms with Gasteiger partial charge in [0.1, 0.15) is 0 Å². The minimum absolute atomic E-state index is 0.787. The van der Waals surface area contributed by atoms with E-state index in [0.717, 1.165) is 62.5 Å². The number of nitrogens with zero attached hydrogens (tertiary/aromatic N) is 2. The van der Waals surface area contributed by atoms with Crippen molar-refractivity contribution in [1.29, 1.82) is 0 Å². The quantitative estimate of drug-likeness (QED) is 0.662. The summed E-state index contributed by atoms with van der Waals surface area (Å²) < 4.78 is 0. The largest absolute Gasteiger partial charge is 0.371 e. The van der Waals surface area contributed by atoms with Crippen LogP contribution in [0.5, 0.6) is 0 Å². The lowest BCUT2D eigenvalue weighted by molar-refractivity contribution is 0.327. The Morgan fingerprint density at radius 2 is 0.846 bits per heavy atom. The van der Waals surface area contributed by atoms with Crippen molar-refractivity contribution in [3.63, 3.8) is 0 Å². The van der Waals surface area contributed by atoms with E-state index in [1.807, 2.05) is 0 Å². The highest BCUT2D eigenvalue weighted by Crippen LogP contribution is 2.23.